The van der Waals surface area contributed by atoms with Gasteiger partial charge in [-0.05, 0) is 77.7 Å². The number of unbranched alkanes of at least 4 members (excludes halogenated alkanes) is 1. The van der Waals surface area contributed by atoms with Gasteiger partial charge in [-0.25, -0.2) is 4.99 Å². The van der Waals surface area contributed by atoms with Crippen molar-refractivity contribution in [2.75, 3.05) is 13.1 Å². The highest BCUT2D eigenvalue weighted by Gasteiger charge is 2.31. The summed E-state index contributed by atoms with van der Waals surface area (Å²) >= 11 is 1.36. The molecule has 3 N–H and O–H groups in total. The molecule has 6 nitrogen and oxygen atoms in total. The summed E-state index contributed by atoms with van der Waals surface area (Å²) in [6.45, 7) is 1.00. The van der Waals surface area contributed by atoms with Crippen LogP contribution in [0.2, 0.25) is 0 Å². The number of carbonyl (C=O) groups excluding carboxylic acids is 1. The van der Waals surface area contributed by atoms with Crippen molar-refractivity contribution in [2.45, 2.75) is 31.7 Å². The second-order valence-corrected chi connectivity index (χ2v) is 10.8. The van der Waals surface area contributed by atoms with Gasteiger partial charge < -0.3 is 20.4 Å². The summed E-state index contributed by atoms with van der Waals surface area (Å²) in [5.41, 5.74) is 8.64. The number of aromatic nitrogens is 1. The molecule has 0 radical (unpaired) electrons. The second kappa shape index (κ2) is 13.7. The van der Waals surface area contributed by atoms with Crippen molar-refractivity contribution in [3.05, 3.63) is 113 Å². The highest BCUT2D eigenvalue weighted by Crippen LogP contribution is 2.31. The number of nitrogens with two attached hydrogens (primary N) is 1. The van der Waals surface area contributed by atoms with E-state index in [1.165, 1.54) is 23.5 Å². The van der Waals surface area contributed by atoms with E-state index in [-0.39, 0.29) is 11.7 Å². The zero-order valence-electron chi connectivity index (χ0n) is 23.3. The first-order valence-electron chi connectivity index (χ1n) is 13.9. The average molecular weight is 605 g/mol. The molecule has 5 aromatic rings. The lowest BCUT2D eigenvalue weighted by molar-refractivity contribution is -0.274. The van der Waals surface area contributed by atoms with E-state index < -0.39 is 12.4 Å². The molecule has 0 spiro atoms. The minimum absolute atomic E-state index is 0.184. The lowest BCUT2D eigenvalue weighted by Crippen LogP contribution is -2.38. The first-order chi connectivity index (χ1) is 20.8. The Bertz CT molecular complexity index is 1730. The van der Waals surface area contributed by atoms with E-state index in [4.69, 9.17) is 10.7 Å². The highest BCUT2D eigenvalue weighted by atomic mass is 32.1. The van der Waals surface area contributed by atoms with Gasteiger partial charge in [-0.1, -0.05) is 60.7 Å². The SMILES string of the molecule is NCCCCNC(=O)[C@H](Cc1cccc2ccccc12)n1c(-c2ccc(OC(F)(F)F)cc2)csc1=Nc1ccccc1. The van der Waals surface area contributed by atoms with E-state index in [0.29, 0.717) is 41.3 Å². The first-order valence-corrected chi connectivity index (χ1v) is 14.8. The molecule has 1 atom stereocenters. The third-order valence-corrected chi connectivity index (χ3v) is 7.78. The second-order valence-electron chi connectivity index (χ2n) is 9.94. The number of thiazole rings is 1. The third-order valence-electron chi connectivity index (χ3n) is 6.94. The molecule has 0 aliphatic heterocycles. The van der Waals surface area contributed by atoms with Crippen LogP contribution in [0.1, 0.15) is 24.4 Å². The molecule has 222 valence electrons. The molecule has 0 fully saturated rings. The fraction of sp³-hybridized carbons (Fsp3) is 0.212. The predicted octanol–water partition coefficient (Wildman–Crippen LogP) is 7.14. The summed E-state index contributed by atoms with van der Waals surface area (Å²) in [4.78, 5) is 19.5. The Morgan fingerprint density at radius 3 is 2.40 bits per heavy atom. The summed E-state index contributed by atoms with van der Waals surface area (Å²) in [5.74, 6) is -0.506. The summed E-state index contributed by atoms with van der Waals surface area (Å²) in [7, 11) is 0. The van der Waals surface area contributed by atoms with Gasteiger partial charge in [0.25, 0.3) is 0 Å². The number of hydrogen-bond donors (Lipinski definition) is 2. The van der Waals surface area contributed by atoms with Crippen LogP contribution in [-0.4, -0.2) is 29.9 Å². The fourth-order valence-electron chi connectivity index (χ4n) is 4.93. The van der Waals surface area contributed by atoms with Crippen LogP contribution in [0.15, 0.2) is 107 Å². The molecular weight excluding hydrogens is 573 g/mol. The standard InChI is InChI=1S/C33H31F3N4O2S/c34-33(35,36)42-27-17-15-24(16-18-27)30-22-43-32(39-26-12-2-1-3-13-26)40(30)29(31(41)38-20-7-6-19-37)21-25-11-8-10-23-9-4-5-14-28(23)25/h1-5,8-18,22,29H,6-7,19-21,37H2,(H,38,41)/t29-/m0/s1. The molecule has 5 rings (SSSR count). The Hall–Kier alpha value is -4.41. The van der Waals surface area contributed by atoms with Crippen molar-refractivity contribution in [1.82, 2.24) is 9.88 Å². The molecule has 0 aliphatic rings. The molecule has 0 bridgehead atoms. The van der Waals surface area contributed by atoms with Gasteiger partial charge in [0.15, 0.2) is 4.80 Å². The number of amides is 1. The molecular formula is C33H31F3N4O2S. The minimum Gasteiger partial charge on any atom is -0.406 e. The van der Waals surface area contributed by atoms with Gasteiger partial charge in [0.05, 0.1) is 11.4 Å². The monoisotopic (exact) mass is 604 g/mol. The lowest BCUT2D eigenvalue weighted by atomic mass is 9.97. The van der Waals surface area contributed by atoms with Crippen LogP contribution in [0.5, 0.6) is 5.75 Å². The van der Waals surface area contributed by atoms with Crippen molar-refractivity contribution in [2.24, 2.45) is 10.7 Å². The maximum Gasteiger partial charge on any atom is 0.573 e. The van der Waals surface area contributed by atoms with Crippen LogP contribution in [0.3, 0.4) is 0 Å². The third kappa shape index (κ3) is 7.71. The number of nitrogens with zero attached hydrogens (tertiary/aromatic N) is 2. The summed E-state index contributed by atoms with van der Waals surface area (Å²) in [5, 5.41) is 7.06. The van der Waals surface area contributed by atoms with Crippen LogP contribution < -0.4 is 20.6 Å². The number of halogens is 3. The Balaban J connectivity index is 1.64. The number of fused-ring (bicyclic) bond motifs is 1. The van der Waals surface area contributed by atoms with Crippen molar-refractivity contribution in [3.63, 3.8) is 0 Å². The molecule has 43 heavy (non-hydrogen) atoms. The average Bonchev–Trinajstić information content (AvgIpc) is 3.41. The molecule has 4 aromatic carbocycles. The smallest absolute Gasteiger partial charge is 0.406 e. The normalized spacial score (nSPS) is 12.8. The quantitative estimate of drug-likeness (QED) is 0.157. The number of para-hydroxylation sites is 1. The van der Waals surface area contributed by atoms with E-state index >= 15 is 0 Å². The number of carbonyl (C=O) groups is 1. The number of ether oxygens (including phenoxy) is 1. The molecule has 0 saturated carbocycles. The van der Waals surface area contributed by atoms with Gasteiger partial charge in [0.2, 0.25) is 5.91 Å². The molecule has 0 aliphatic carbocycles. The Labute approximate surface area is 251 Å². The van der Waals surface area contributed by atoms with Crippen molar-refractivity contribution in [1.29, 1.82) is 0 Å². The minimum atomic E-state index is -4.79. The van der Waals surface area contributed by atoms with E-state index in [1.807, 2.05) is 82.7 Å². The molecule has 1 aromatic heterocycles. The lowest BCUT2D eigenvalue weighted by Gasteiger charge is -2.22. The Morgan fingerprint density at radius 2 is 1.65 bits per heavy atom. The van der Waals surface area contributed by atoms with Crippen LogP contribution in [-0.2, 0) is 11.2 Å². The van der Waals surface area contributed by atoms with E-state index in [2.05, 4.69) is 10.1 Å². The summed E-state index contributed by atoms with van der Waals surface area (Å²) in [6, 6.07) is 28.4. The molecule has 0 saturated heterocycles. The number of alkyl halides is 3. The topological polar surface area (TPSA) is 81.6 Å². The predicted molar refractivity (Wildman–Crippen MR) is 164 cm³/mol. The van der Waals surface area contributed by atoms with Crippen LogP contribution in [0.25, 0.3) is 22.0 Å². The van der Waals surface area contributed by atoms with Gasteiger partial charge in [-0.2, -0.15) is 0 Å². The number of benzene rings is 4. The van der Waals surface area contributed by atoms with Gasteiger partial charge in [-0.3, -0.25) is 4.79 Å². The van der Waals surface area contributed by atoms with Crippen molar-refractivity contribution >= 4 is 33.7 Å². The van der Waals surface area contributed by atoms with Crippen LogP contribution >= 0.6 is 11.3 Å². The number of nitrogens with one attached hydrogen (secondary N) is 1. The summed E-state index contributed by atoms with van der Waals surface area (Å²) in [6.07, 6.45) is -2.90. The van der Waals surface area contributed by atoms with Gasteiger partial charge in [0, 0.05) is 18.3 Å². The number of rotatable bonds is 11. The maximum absolute atomic E-state index is 14.0. The largest absolute Gasteiger partial charge is 0.573 e. The number of hydrogen-bond acceptors (Lipinski definition) is 5. The van der Waals surface area contributed by atoms with Crippen molar-refractivity contribution in [3.8, 4) is 17.0 Å². The van der Waals surface area contributed by atoms with Crippen LogP contribution in [0, 0.1) is 0 Å². The van der Waals surface area contributed by atoms with Gasteiger partial charge in [-0.15, -0.1) is 24.5 Å². The van der Waals surface area contributed by atoms with Crippen LogP contribution in [0.4, 0.5) is 18.9 Å². The molecule has 1 amide bonds. The van der Waals surface area contributed by atoms with E-state index in [9.17, 15) is 18.0 Å². The zero-order chi connectivity index (χ0) is 30.2. The fourth-order valence-corrected chi connectivity index (χ4v) is 5.90. The maximum atomic E-state index is 14.0. The first kappa shape index (κ1) is 30.1. The van der Waals surface area contributed by atoms with Gasteiger partial charge in [0.1, 0.15) is 11.8 Å². The van der Waals surface area contributed by atoms with E-state index in [1.54, 1.807) is 12.1 Å². The Kier molecular flexibility index (Phi) is 9.58. The van der Waals surface area contributed by atoms with E-state index in [0.717, 1.165) is 29.2 Å². The zero-order valence-corrected chi connectivity index (χ0v) is 24.1. The molecule has 1 heterocycles. The molecule has 10 heteroatoms. The molecule has 0 unspecified atom stereocenters. The highest BCUT2D eigenvalue weighted by molar-refractivity contribution is 7.07. The van der Waals surface area contributed by atoms with Crippen molar-refractivity contribution < 1.29 is 22.7 Å². The summed E-state index contributed by atoms with van der Waals surface area (Å²) < 4.78 is 44.4. The Morgan fingerprint density at radius 1 is 0.930 bits per heavy atom. The van der Waals surface area contributed by atoms with Gasteiger partial charge >= 0.3 is 6.36 Å².